The molecule has 0 heterocycles. The molecule has 1 heteroatoms. The zero-order chi connectivity index (χ0) is 11.8. The van der Waals surface area contributed by atoms with Crippen molar-refractivity contribution in [2.45, 2.75) is 47.6 Å². The van der Waals surface area contributed by atoms with Crippen LogP contribution in [0.3, 0.4) is 0 Å². The molecule has 1 rings (SSSR count). The van der Waals surface area contributed by atoms with Gasteiger partial charge in [0.05, 0.1) is 0 Å². The van der Waals surface area contributed by atoms with Crippen molar-refractivity contribution in [2.24, 2.45) is 0 Å². The van der Waals surface area contributed by atoms with E-state index >= 15 is 0 Å². The molecule has 0 N–H and O–H groups in total. The summed E-state index contributed by atoms with van der Waals surface area (Å²) in [5.41, 5.74) is 2.65. The van der Waals surface area contributed by atoms with Crippen molar-refractivity contribution in [3.8, 4) is 0 Å². The molecule has 0 bridgehead atoms. The van der Waals surface area contributed by atoms with Crippen LogP contribution in [0.4, 0.5) is 5.69 Å². The fourth-order valence-electron chi connectivity index (χ4n) is 1.58. The minimum Gasteiger partial charge on any atom is -0.369 e. The van der Waals surface area contributed by atoms with Gasteiger partial charge in [-0.2, -0.15) is 0 Å². The molecule has 0 saturated heterocycles. The van der Waals surface area contributed by atoms with Gasteiger partial charge in [0.15, 0.2) is 0 Å². The van der Waals surface area contributed by atoms with Gasteiger partial charge >= 0.3 is 0 Å². The fourth-order valence-corrected chi connectivity index (χ4v) is 1.58. The van der Waals surface area contributed by atoms with Gasteiger partial charge in [0, 0.05) is 18.3 Å². The van der Waals surface area contributed by atoms with Gasteiger partial charge in [0.2, 0.25) is 0 Å². The van der Waals surface area contributed by atoms with Gasteiger partial charge in [0.1, 0.15) is 0 Å². The lowest BCUT2D eigenvalue weighted by Crippen LogP contribution is -2.30. The topological polar surface area (TPSA) is 3.24 Å². The minimum absolute atomic E-state index is 0.577. The highest BCUT2D eigenvalue weighted by Gasteiger charge is 2.06. The number of benzene rings is 1. The Balaban J connectivity index is 0.000000921. The number of aryl methyl sites for hydroxylation is 1. The second-order valence-electron chi connectivity index (χ2n) is 3.72. The predicted octanol–water partition coefficient (Wildman–Crippen LogP) is 4.26. The average molecular weight is 207 g/mol. The first kappa shape index (κ1) is 14.0. The first-order valence-corrected chi connectivity index (χ1v) is 5.98. The molecule has 0 spiro atoms. The van der Waals surface area contributed by atoms with Crippen LogP contribution in [0.2, 0.25) is 0 Å². The highest BCUT2D eigenvalue weighted by atomic mass is 15.1. The SMILES string of the molecule is CC.CCN(c1ccc(C)cc1)C(C)C. The van der Waals surface area contributed by atoms with Gasteiger partial charge in [-0.3, -0.25) is 0 Å². The Morgan fingerprint density at radius 2 is 1.53 bits per heavy atom. The lowest BCUT2D eigenvalue weighted by atomic mass is 10.2. The second kappa shape index (κ2) is 7.33. The van der Waals surface area contributed by atoms with Crippen molar-refractivity contribution in [3.63, 3.8) is 0 Å². The van der Waals surface area contributed by atoms with E-state index in [0.29, 0.717) is 6.04 Å². The van der Waals surface area contributed by atoms with Crippen LogP contribution in [-0.4, -0.2) is 12.6 Å². The molecule has 86 valence electrons. The van der Waals surface area contributed by atoms with E-state index in [1.54, 1.807) is 0 Å². The normalized spacial score (nSPS) is 9.53. The third kappa shape index (κ3) is 4.37. The molecule has 0 fully saturated rings. The van der Waals surface area contributed by atoms with Crippen LogP contribution in [0.25, 0.3) is 0 Å². The van der Waals surface area contributed by atoms with Gasteiger partial charge in [-0.25, -0.2) is 0 Å². The molecule has 1 aromatic carbocycles. The standard InChI is InChI=1S/C12H19N.C2H6/c1-5-13(10(2)3)12-8-6-11(4)7-9-12;1-2/h6-10H,5H2,1-4H3;1-2H3. The third-order valence-electron chi connectivity index (χ3n) is 2.33. The molecule has 15 heavy (non-hydrogen) atoms. The maximum absolute atomic E-state index is 2.39. The van der Waals surface area contributed by atoms with Gasteiger partial charge < -0.3 is 4.90 Å². The third-order valence-corrected chi connectivity index (χ3v) is 2.33. The summed E-state index contributed by atoms with van der Waals surface area (Å²) in [7, 11) is 0. The molecular weight excluding hydrogens is 182 g/mol. The Hall–Kier alpha value is -0.980. The van der Waals surface area contributed by atoms with E-state index in [1.807, 2.05) is 13.8 Å². The number of hydrogen-bond acceptors (Lipinski definition) is 1. The summed E-state index contributed by atoms with van der Waals surface area (Å²) in [5, 5.41) is 0. The van der Waals surface area contributed by atoms with Crippen LogP contribution >= 0.6 is 0 Å². The van der Waals surface area contributed by atoms with Crippen LogP contribution in [0.1, 0.15) is 40.2 Å². The highest BCUT2D eigenvalue weighted by Crippen LogP contribution is 2.16. The first-order valence-electron chi connectivity index (χ1n) is 5.98. The van der Waals surface area contributed by atoms with E-state index in [4.69, 9.17) is 0 Å². The molecule has 0 atom stereocenters. The van der Waals surface area contributed by atoms with Crippen molar-refractivity contribution >= 4 is 5.69 Å². The quantitative estimate of drug-likeness (QED) is 0.716. The highest BCUT2D eigenvalue weighted by molar-refractivity contribution is 5.47. The van der Waals surface area contributed by atoms with E-state index < -0.39 is 0 Å². The van der Waals surface area contributed by atoms with E-state index in [2.05, 4.69) is 56.9 Å². The van der Waals surface area contributed by atoms with Crippen molar-refractivity contribution in [2.75, 3.05) is 11.4 Å². The molecule has 0 aromatic heterocycles. The fraction of sp³-hybridized carbons (Fsp3) is 0.571. The Labute approximate surface area is 95.1 Å². The molecule has 0 aliphatic carbocycles. The maximum Gasteiger partial charge on any atom is 0.0368 e. The summed E-state index contributed by atoms with van der Waals surface area (Å²) in [5.74, 6) is 0. The first-order chi connectivity index (χ1) is 7.15. The van der Waals surface area contributed by atoms with Crippen LogP contribution in [0.15, 0.2) is 24.3 Å². The molecular formula is C14H25N. The van der Waals surface area contributed by atoms with Crippen LogP contribution in [-0.2, 0) is 0 Å². The van der Waals surface area contributed by atoms with Gasteiger partial charge in [0.25, 0.3) is 0 Å². The number of anilines is 1. The monoisotopic (exact) mass is 207 g/mol. The van der Waals surface area contributed by atoms with E-state index in [-0.39, 0.29) is 0 Å². The van der Waals surface area contributed by atoms with Crippen molar-refractivity contribution in [1.82, 2.24) is 0 Å². The van der Waals surface area contributed by atoms with Crippen LogP contribution in [0.5, 0.6) is 0 Å². The predicted molar refractivity (Wildman–Crippen MR) is 70.7 cm³/mol. The molecule has 0 radical (unpaired) electrons. The Kier molecular flexibility index (Phi) is 6.85. The molecule has 0 amide bonds. The van der Waals surface area contributed by atoms with Gasteiger partial charge in [-0.15, -0.1) is 0 Å². The van der Waals surface area contributed by atoms with Crippen molar-refractivity contribution < 1.29 is 0 Å². The van der Waals surface area contributed by atoms with Gasteiger partial charge in [-0.1, -0.05) is 31.5 Å². The summed E-state index contributed by atoms with van der Waals surface area (Å²) < 4.78 is 0. The zero-order valence-corrected chi connectivity index (χ0v) is 11.0. The summed E-state index contributed by atoms with van der Waals surface area (Å²) in [4.78, 5) is 2.39. The Bertz CT molecular complexity index is 249. The van der Waals surface area contributed by atoms with E-state index in [9.17, 15) is 0 Å². The van der Waals surface area contributed by atoms with E-state index in [0.717, 1.165) is 6.54 Å². The lowest BCUT2D eigenvalue weighted by Gasteiger charge is -2.27. The van der Waals surface area contributed by atoms with Gasteiger partial charge in [-0.05, 0) is 39.8 Å². The second-order valence-corrected chi connectivity index (χ2v) is 3.72. The summed E-state index contributed by atoms with van der Waals surface area (Å²) >= 11 is 0. The molecule has 0 saturated carbocycles. The van der Waals surface area contributed by atoms with Crippen molar-refractivity contribution in [3.05, 3.63) is 29.8 Å². The summed E-state index contributed by atoms with van der Waals surface area (Å²) in [6.45, 7) is 13.8. The van der Waals surface area contributed by atoms with Crippen LogP contribution < -0.4 is 4.90 Å². The number of rotatable bonds is 3. The zero-order valence-electron chi connectivity index (χ0n) is 11.0. The van der Waals surface area contributed by atoms with Crippen LogP contribution in [0, 0.1) is 6.92 Å². The van der Waals surface area contributed by atoms with Crippen molar-refractivity contribution in [1.29, 1.82) is 0 Å². The number of hydrogen-bond donors (Lipinski definition) is 0. The largest absolute Gasteiger partial charge is 0.369 e. The summed E-state index contributed by atoms with van der Waals surface area (Å²) in [6.07, 6.45) is 0. The average Bonchev–Trinajstić information content (AvgIpc) is 2.24. The number of nitrogens with zero attached hydrogens (tertiary/aromatic N) is 1. The summed E-state index contributed by atoms with van der Waals surface area (Å²) in [6, 6.07) is 9.30. The molecule has 0 unspecified atom stereocenters. The maximum atomic E-state index is 2.39. The molecule has 1 nitrogen and oxygen atoms in total. The molecule has 1 aromatic rings. The smallest absolute Gasteiger partial charge is 0.0368 e. The molecule has 0 aliphatic heterocycles. The molecule has 0 aliphatic rings. The minimum atomic E-state index is 0.577. The van der Waals surface area contributed by atoms with E-state index in [1.165, 1.54) is 11.3 Å². The Morgan fingerprint density at radius 3 is 1.87 bits per heavy atom. The lowest BCUT2D eigenvalue weighted by molar-refractivity contribution is 0.704. The Morgan fingerprint density at radius 1 is 1.07 bits per heavy atom.